The Labute approximate surface area is 122 Å². The van der Waals surface area contributed by atoms with E-state index in [1.165, 1.54) is 18.2 Å². The summed E-state index contributed by atoms with van der Waals surface area (Å²) in [4.78, 5) is 10.5. The second-order valence-electron chi connectivity index (χ2n) is 3.89. The standard InChI is InChI=1S/C12H13ClN2O4S/c1-2-15(6-5-12(16)17)20(18,19)10-4-3-9(8-14)11(13)7-10/h3-4,7H,2,5-6H2,1H3,(H,16,17). The van der Waals surface area contributed by atoms with Crippen LogP contribution in [0.15, 0.2) is 23.1 Å². The number of carboxylic acid groups (broad SMARTS) is 1. The summed E-state index contributed by atoms with van der Waals surface area (Å²) in [7, 11) is -3.82. The van der Waals surface area contributed by atoms with Gasteiger partial charge in [-0.3, -0.25) is 4.79 Å². The van der Waals surface area contributed by atoms with E-state index in [4.69, 9.17) is 22.0 Å². The maximum atomic E-state index is 12.3. The molecule has 0 aliphatic rings. The van der Waals surface area contributed by atoms with Gasteiger partial charge in [0.25, 0.3) is 0 Å². The molecule has 0 fully saturated rings. The van der Waals surface area contributed by atoms with Gasteiger partial charge in [0.1, 0.15) is 6.07 Å². The molecule has 0 amide bonds. The molecule has 0 heterocycles. The lowest BCUT2D eigenvalue weighted by Gasteiger charge is -2.19. The smallest absolute Gasteiger partial charge is 0.304 e. The summed E-state index contributed by atoms with van der Waals surface area (Å²) < 4.78 is 25.7. The van der Waals surface area contributed by atoms with Crippen molar-refractivity contribution in [3.63, 3.8) is 0 Å². The first kappa shape index (κ1) is 16.4. The largest absolute Gasteiger partial charge is 0.481 e. The highest BCUT2D eigenvalue weighted by Crippen LogP contribution is 2.23. The van der Waals surface area contributed by atoms with Gasteiger partial charge in [0.05, 0.1) is 21.9 Å². The Hall–Kier alpha value is -1.62. The van der Waals surface area contributed by atoms with Gasteiger partial charge >= 0.3 is 5.97 Å². The lowest BCUT2D eigenvalue weighted by atomic mass is 10.2. The topological polar surface area (TPSA) is 98.5 Å². The Balaban J connectivity index is 3.11. The molecule has 1 rings (SSSR count). The predicted molar refractivity (Wildman–Crippen MR) is 72.9 cm³/mol. The Morgan fingerprint density at radius 1 is 1.50 bits per heavy atom. The molecule has 20 heavy (non-hydrogen) atoms. The fourth-order valence-corrected chi connectivity index (χ4v) is 3.33. The first-order valence-corrected chi connectivity index (χ1v) is 7.56. The number of benzene rings is 1. The minimum atomic E-state index is -3.82. The summed E-state index contributed by atoms with van der Waals surface area (Å²) >= 11 is 5.81. The van der Waals surface area contributed by atoms with Gasteiger partial charge in [0.15, 0.2) is 0 Å². The average Bonchev–Trinajstić information content (AvgIpc) is 2.38. The number of hydrogen-bond acceptors (Lipinski definition) is 4. The highest BCUT2D eigenvalue weighted by Gasteiger charge is 2.24. The fraction of sp³-hybridized carbons (Fsp3) is 0.333. The zero-order chi connectivity index (χ0) is 15.3. The number of sulfonamides is 1. The summed E-state index contributed by atoms with van der Waals surface area (Å²) in [5.41, 5.74) is 0.180. The van der Waals surface area contributed by atoms with Crippen molar-refractivity contribution in [2.24, 2.45) is 0 Å². The highest BCUT2D eigenvalue weighted by atomic mass is 35.5. The number of aliphatic carboxylic acids is 1. The molecule has 0 saturated carbocycles. The Bertz CT molecular complexity index is 652. The number of rotatable bonds is 6. The number of nitrogens with zero attached hydrogens (tertiary/aromatic N) is 2. The van der Waals surface area contributed by atoms with Gasteiger partial charge in [-0.15, -0.1) is 0 Å². The van der Waals surface area contributed by atoms with E-state index in [1.807, 2.05) is 6.07 Å². The summed E-state index contributed by atoms with van der Waals surface area (Å²) in [6, 6.07) is 5.63. The number of hydrogen-bond donors (Lipinski definition) is 1. The van der Waals surface area contributed by atoms with Crippen LogP contribution in [0, 0.1) is 11.3 Å². The van der Waals surface area contributed by atoms with Crippen LogP contribution in [-0.4, -0.2) is 36.9 Å². The maximum Gasteiger partial charge on any atom is 0.304 e. The van der Waals surface area contributed by atoms with E-state index in [-0.39, 0.29) is 35.0 Å². The van der Waals surface area contributed by atoms with Crippen molar-refractivity contribution in [2.45, 2.75) is 18.2 Å². The molecular weight excluding hydrogens is 304 g/mol. The van der Waals surface area contributed by atoms with Crippen molar-refractivity contribution in [2.75, 3.05) is 13.1 Å². The molecule has 0 radical (unpaired) electrons. The predicted octanol–water partition coefficient (Wildman–Crippen LogP) is 1.70. The van der Waals surface area contributed by atoms with Gasteiger partial charge in [-0.05, 0) is 18.2 Å². The lowest BCUT2D eigenvalue weighted by molar-refractivity contribution is -0.137. The van der Waals surface area contributed by atoms with E-state index in [2.05, 4.69) is 0 Å². The number of carboxylic acids is 1. The molecule has 1 N–H and O–H groups in total. The van der Waals surface area contributed by atoms with Crippen molar-refractivity contribution in [3.05, 3.63) is 28.8 Å². The first-order valence-electron chi connectivity index (χ1n) is 5.74. The molecule has 108 valence electrons. The van der Waals surface area contributed by atoms with E-state index >= 15 is 0 Å². The van der Waals surface area contributed by atoms with Crippen LogP contribution < -0.4 is 0 Å². The van der Waals surface area contributed by atoms with Gasteiger partial charge in [-0.2, -0.15) is 9.57 Å². The summed E-state index contributed by atoms with van der Waals surface area (Å²) in [6.45, 7) is 1.64. The van der Waals surface area contributed by atoms with Crippen LogP contribution in [0.3, 0.4) is 0 Å². The van der Waals surface area contributed by atoms with Gasteiger partial charge in [-0.25, -0.2) is 8.42 Å². The van der Waals surface area contributed by atoms with Gasteiger partial charge < -0.3 is 5.11 Å². The van der Waals surface area contributed by atoms with Crippen LogP contribution in [-0.2, 0) is 14.8 Å². The molecular formula is C12H13ClN2O4S. The molecule has 0 spiro atoms. The molecule has 0 aliphatic heterocycles. The highest BCUT2D eigenvalue weighted by molar-refractivity contribution is 7.89. The lowest BCUT2D eigenvalue weighted by Crippen LogP contribution is -2.32. The number of carbonyl (C=O) groups is 1. The van der Waals surface area contributed by atoms with Crippen molar-refractivity contribution in [1.82, 2.24) is 4.31 Å². The molecule has 6 nitrogen and oxygen atoms in total. The number of nitriles is 1. The third kappa shape index (κ3) is 3.70. The van der Waals surface area contributed by atoms with Crippen molar-refractivity contribution in [3.8, 4) is 6.07 Å². The van der Waals surface area contributed by atoms with Crippen LogP contribution >= 0.6 is 11.6 Å². The second-order valence-corrected chi connectivity index (χ2v) is 6.24. The Morgan fingerprint density at radius 2 is 2.15 bits per heavy atom. The molecule has 1 aromatic carbocycles. The summed E-state index contributed by atoms with van der Waals surface area (Å²) in [5.74, 6) is -1.07. The van der Waals surface area contributed by atoms with Crippen LogP contribution in [0.2, 0.25) is 5.02 Å². The maximum absolute atomic E-state index is 12.3. The zero-order valence-corrected chi connectivity index (χ0v) is 12.3. The molecule has 8 heteroatoms. The summed E-state index contributed by atoms with van der Waals surface area (Å²) in [5, 5.41) is 17.4. The molecule has 1 aromatic rings. The van der Waals surface area contributed by atoms with E-state index in [0.29, 0.717) is 0 Å². The Kier molecular flexibility index (Phi) is 5.51. The minimum Gasteiger partial charge on any atom is -0.481 e. The monoisotopic (exact) mass is 316 g/mol. The van der Waals surface area contributed by atoms with Gasteiger partial charge in [0, 0.05) is 13.1 Å². The molecule has 0 unspecified atom stereocenters. The fourth-order valence-electron chi connectivity index (χ4n) is 1.56. The van der Waals surface area contributed by atoms with Gasteiger partial charge in [0.2, 0.25) is 10.0 Å². The zero-order valence-electron chi connectivity index (χ0n) is 10.7. The first-order chi connectivity index (χ1) is 9.32. The van der Waals surface area contributed by atoms with Crippen molar-refractivity contribution in [1.29, 1.82) is 5.26 Å². The van der Waals surface area contributed by atoms with Crippen molar-refractivity contribution < 1.29 is 18.3 Å². The van der Waals surface area contributed by atoms with Crippen LogP contribution in [0.25, 0.3) is 0 Å². The quantitative estimate of drug-likeness (QED) is 0.861. The molecule has 0 aliphatic carbocycles. The van der Waals surface area contributed by atoms with Gasteiger partial charge in [-0.1, -0.05) is 18.5 Å². The minimum absolute atomic E-state index is 0.0443. The average molecular weight is 317 g/mol. The molecule has 0 aromatic heterocycles. The molecule has 0 atom stereocenters. The normalized spacial score (nSPS) is 11.3. The number of halogens is 1. The van der Waals surface area contributed by atoms with Crippen molar-refractivity contribution >= 4 is 27.6 Å². The van der Waals surface area contributed by atoms with E-state index < -0.39 is 16.0 Å². The third-order valence-electron chi connectivity index (χ3n) is 2.63. The Morgan fingerprint density at radius 3 is 2.60 bits per heavy atom. The van der Waals surface area contributed by atoms with Crippen LogP contribution in [0.1, 0.15) is 18.9 Å². The third-order valence-corrected chi connectivity index (χ3v) is 4.91. The van der Waals surface area contributed by atoms with E-state index in [0.717, 1.165) is 4.31 Å². The van der Waals surface area contributed by atoms with E-state index in [9.17, 15) is 13.2 Å². The van der Waals surface area contributed by atoms with E-state index in [1.54, 1.807) is 6.92 Å². The van der Waals surface area contributed by atoms with Crippen LogP contribution in [0.5, 0.6) is 0 Å². The second kappa shape index (κ2) is 6.70. The SMILES string of the molecule is CCN(CCC(=O)O)S(=O)(=O)c1ccc(C#N)c(Cl)c1. The summed E-state index contributed by atoms with van der Waals surface area (Å²) in [6.07, 6.45) is -0.281. The molecule has 0 bridgehead atoms. The molecule has 0 saturated heterocycles. The van der Waals surface area contributed by atoms with Crippen LogP contribution in [0.4, 0.5) is 0 Å².